The fourth-order valence-electron chi connectivity index (χ4n) is 1.78. The van der Waals surface area contributed by atoms with Crippen LogP contribution in [-0.2, 0) is 0 Å². The van der Waals surface area contributed by atoms with Gasteiger partial charge in [-0.05, 0) is 26.0 Å². The zero-order chi connectivity index (χ0) is 13.3. The molecule has 2 rings (SSSR count). The number of carbonyl (C=O) groups is 1. The molecule has 0 radical (unpaired) electrons. The fourth-order valence-corrected chi connectivity index (χ4v) is 2.76. The molecular weight excluding hydrogens is 330 g/mol. The third-order valence-corrected chi connectivity index (χ3v) is 4.15. The van der Waals surface area contributed by atoms with Crippen LogP contribution in [0.15, 0.2) is 28.8 Å². The Morgan fingerprint density at radius 1 is 1.26 bits per heavy atom. The van der Waals surface area contributed by atoms with E-state index in [0.717, 1.165) is 11.6 Å². The summed E-state index contributed by atoms with van der Waals surface area (Å²) in [6.07, 6.45) is 0. The highest BCUT2D eigenvalue weighted by atomic mass is 79.9. The Labute approximate surface area is 126 Å². The lowest BCUT2D eigenvalue weighted by molar-refractivity contribution is 0.0958. The Balaban J connectivity index is 0.00000180. The van der Waals surface area contributed by atoms with Crippen LogP contribution in [0.3, 0.4) is 0 Å². The van der Waals surface area contributed by atoms with Crippen molar-refractivity contribution in [1.82, 2.24) is 4.90 Å². The molecule has 1 aromatic carbocycles. The van der Waals surface area contributed by atoms with Gasteiger partial charge in [0.25, 0.3) is 0 Å². The fraction of sp³-hybridized carbons (Fsp3) is 0.308. The summed E-state index contributed by atoms with van der Waals surface area (Å²) in [6, 6.07) is 3.95. The van der Waals surface area contributed by atoms with Crippen molar-refractivity contribution in [2.24, 2.45) is 0 Å². The first-order valence-electron chi connectivity index (χ1n) is 5.59. The predicted octanol–water partition coefficient (Wildman–Crippen LogP) is 3.12. The predicted molar refractivity (Wildman–Crippen MR) is 82.0 cm³/mol. The molecule has 0 bridgehead atoms. The summed E-state index contributed by atoms with van der Waals surface area (Å²) in [6.45, 7) is 4.28. The minimum absolute atomic E-state index is 0. The molecule has 0 aromatic heterocycles. The highest BCUT2D eigenvalue weighted by Crippen LogP contribution is 2.31. The zero-order valence-electron chi connectivity index (χ0n) is 10.7. The summed E-state index contributed by atoms with van der Waals surface area (Å²) >= 11 is 1.71. The van der Waals surface area contributed by atoms with Crippen LogP contribution in [0.25, 0.3) is 0 Å². The number of thioether (sulfide) groups is 1. The van der Waals surface area contributed by atoms with E-state index >= 15 is 0 Å². The normalized spacial score (nSPS) is 14.5. The van der Waals surface area contributed by atoms with Crippen LogP contribution in [0.1, 0.15) is 24.2 Å². The van der Waals surface area contributed by atoms with Gasteiger partial charge in [-0.2, -0.15) is 0 Å². The molecule has 0 amide bonds. The van der Waals surface area contributed by atoms with Gasteiger partial charge in [-0.3, -0.25) is 4.79 Å². The molecule has 104 valence electrons. The number of ketones is 1. The number of aromatic hydroxyl groups is 2. The SMILES string of the molecule is Br.CC1=C(C)N(CC(=O)c2cc(O)cc(O)c2)CS1. The lowest BCUT2D eigenvalue weighted by atomic mass is 10.1. The lowest BCUT2D eigenvalue weighted by Crippen LogP contribution is -2.25. The minimum atomic E-state index is -0.115. The van der Waals surface area contributed by atoms with Gasteiger partial charge in [0.2, 0.25) is 0 Å². The second kappa shape index (κ2) is 6.34. The Hall–Kier alpha value is -1.14. The molecule has 0 saturated heterocycles. The van der Waals surface area contributed by atoms with Crippen LogP contribution < -0.4 is 0 Å². The number of rotatable bonds is 3. The lowest BCUT2D eigenvalue weighted by Gasteiger charge is -2.18. The van der Waals surface area contributed by atoms with Crippen molar-refractivity contribution in [3.63, 3.8) is 0 Å². The van der Waals surface area contributed by atoms with E-state index in [9.17, 15) is 15.0 Å². The van der Waals surface area contributed by atoms with Gasteiger partial charge in [0.15, 0.2) is 5.78 Å². The first-order chi connectivity index (χ1) is 8.47. The summed E-state index contributed by atoms with van der Waals surface area (Å²) < 4.78 is 0. The largest absolute Gasteiger partial charge is 0.508 e. The van der Waals surface area contributed by atoms with Crippen LogP contribution in [0, 0.1) is 0 Å². The number of hydrogen-bond donors (Lipinski definition) is 2. The summed E-state index contributed by atoms with van der Waals surface area (Å²) in [5.41, 5.74) is 1.44. The number of phenols is 2. The molecule has 0 atom stereocenters. The molecular formula is C13H16BrNO3S. The first-order valence-corrected chi connectivity index (χ1v) is 6.57. The van der Waals surface area contributed by atoms with Crippen molar-refractivity contribution in [3.05, 3.63) is 34.4 Å². The molecule has 19 heavy (non-hydrogen) atoms. The van der Waals surface area contributed by atoms with E-state index in [-0.39, 0.29) is 40.8 Å². The van der Waals surface area contributed by atoms with Gasteiger partial charge in [0.1, 0.15) is 11.5 Å². The summed E-state index contributed by atoms with van der Waals surface area (Å²) in [5.74, 6) is 0.458. The highest BCUT2D eigenvalue weighted by Gasteiger charge is 2.20. The third kappa shape index (κ3) is 3.67. The maximum atomic E-state index is 12.1. The van der Waals surface area contributed by atoms with Gasteiger partial charge >= 0.3 is 0 Å². The number of hydrogen-bond acceptors (Lipinski definition) is 5. The maximum Gasteiger partial charge on any atom is 0.182 e. The van der Waals surface area contributed by atoms with Gasteiger partial charge in [-0.15, -0.1) is 28.7 Å². The molecule has 0 unspecified atom stereocenters. The summed E-state index contributed by atoms with van der Waals surface area (Å²) in [7, 11) is 0. The van der Waals surface area contributed by atoms with Crippen LogP contribution in [-0.4, -0.2) is 33.3 Å². The molecule has 1 aliphatic heterocycles. The smallest absolute Gasteiger partial charge is 0.182 e. The van der Waals surface area contributed by atoms with E-state index in [2.05, 4.69) is 0 Å². The number of halogens is 1. The van der Waals surface area contributed by atoms with E-state index in [1.54, 1.807) is 11.8 Å². The van der Waals surface area contributed by atoms with E-state index < -0.39 is 0 Å². The first kappa shape index (κ1) is 15.9. The Morgan fingerprint density at radius 2 is 1.84 bits per heavy atom. The average Bonchev–Trinajstić information content (AvgIpc) is 2.59. The molecule has 4 nitrogen and oxygen atoms in total. The molecule has 6 heteroatoms. The second-order valence-corrected chi connectivity index (χ2v) is 5.43. The Kier molecular flexibility index (Phi) is 5.31. The Morgan fingerprint density at radius 3 is 2.32 bits per heavy atom. The molecule has 0 saturated carbocycles. The van der Waals surface area contributed by atoms with Crippen molar-refractivity contribution in [1.29, 1.82) is 0 Å². The van der Waals surface area contributed by atoms with Gasteiger partial charge in [0, 0.05) is 22.2 Å². The monoisotopic (exact) mass is 345 g/mol. The van der Waals surface area contributed by atoms with E-state index in [4.69, 9.17) is 0 Å². The van der Waals surface area contributed by atoms with Crippen molar-refractivity contribution >= 4 is 34.5 Å². The standard InChI is InChI=1S/C13H15NO3S.BrH/c1-8-9(2)18-7-14(8)6-13(17)10-3-11(15)5-12(16)4-10;/h3-5,15-16H,6-7H2,1-2H3;1H. The topological polar surface area (TPSA) is 60.8 Å². The maximum absolute atomic E-state index is 12.1. The van der Waals surface area contributed by atoms with Crippen LogP contribution in [0.2, 0.25) is 0 Å². The van der Waals surface area contributed by atoms with Crippen LogP contribution in [0.5, 0.6) is 11.5 Å². The van der Waals surface area contributed by atoms with Gasteiger partial charge in [-0.1, -0.05) is 0 Å². The zero-order valence-corrected chi connectivity index (χ0v) is 13.2. The number of phenolic OH excluding ortho intramolecular Hbond substituents is 2. The van der Waals surface area contributed by atoms with Crippen LogP contribution >= 0.6 is 28.7 Å². The summed E-state index contributed by atoms with van der Waals surface area (Å²) in [4.78, 5) is 15.3. The van der Waals surface area contributed by atoms with Crippen LogP contribution in [0.4, 0.5) is 0 Å². The second-order valence-electron chi connectivity index (χ2n) is 4.27. The van der Waals surface area contributed by atoms with Crippen molar-refractivity contribution in [2.75, 3.05) is 12.4 Å². The number of nitrogens with zero attached hydrogens (tertiary/aromatic N) is 1. The molecule has 1 heterocycles. The summed E-state index contributed by atoms with van der Waals surface area (Å²) in [5, 5.41) is 18.7. The number of carbonyl (C=O) groups excluding carboxylic acids is 1. The van der Waals surface area contributed by atoms with Gasteiger partial charge in [0.05, 0.1) is 12.4 Å². The van der Waals surface area contributed by atoms with Gasteiger partial charge < -0.3 is 15.1 Å². The van der Waals surface area contributed by atoms with E-state index in [1.165, 1.54) is 23.1 Å². The molecule has 1 aromatic rings. The number of allylic oxidation sites excluding steroid dienone is 2. The molecule has 0 aliphatic carbocycles. The molecule has 2 N–H and O–H groups in total. The van der Waals surface area contributed by atoms with Gasteiger partial charge in [-0.25, -0.2) is 0 Å². The Bertz CT molecular complexity index is 510. The molecule has 0 fully saturated rings. The minimum Gasteiger partial charge on any atom is -0.508 e. The van der Waals surface area contributed by atoms with E-state index in [1.807, 2.05) is 18.7 Å². The molecule has 1 aliphatic rings. The van der Waals surface area contributed by atoms with E-state index in [0.29, 0.717) is 5.56 Å². The number of benzene rings is 1. The highest BCUT2D eigenvalue weighted by molar-refractivity contribution is 8.93. The average molecular weight is 346 g/mol. The van der Waals surface area contributed by atoms with Crippen molar-refractivity contribution < 1.29 is 15.0 Å². The van der Waals surface area contributed by atoms with Crippen molar-refractivity contribution in [3.8, 4) is 11.5 Å². The molecule has 0 spiro atoms. The quantitative estimate of drug-likeness (QED) is 0.824. The number of Topliss-reactive ketones (excluding diaryl/α,β-unsaturated/α-hetero) is 1. The third-order valence-electron chi connectivity index (χ3n) is 2.98. The van der Waals surface area contributed by atoms with Crippen molar-refractivity contribution in [2.45, 2.75) is 13.8 Å².